The van der Waals surface area contributed by atoms with Crippen LogP contribution in [0.3, 0.4) is 0 Å². The minimum Gasteiger partial charge on any atom is -0.424 e. The summed E-state index contributed by atoms with van der Waals surface area (Å²) in [6.07, 6.45) is 2.33. The van der Waals surface area contributed by atoms with E-state index in [9.17, 15) is 33.1 Å². The molecular weight excluding hydrogens is 588 g/mol. The van der Waals surface area contributed by atoms with E-state index in [0.29, 0.717) is 5.52 Å². The second-order valence-electron chi connectivity index (χ2n) is 10.2. The molecule has 2 unspecified atom stereocenters. The molecule has 0 aliphatic heterocycles. The van der Waals surface area contributed by atoms with Gasteiger partial charge < -0.3 is 9.47 Å². The monoisotopic (exact) mass is 614 g/mol. The van der Waals surface area contributed by atoms with E-state index in [1.807, 2.05) is 24.3 Å². The summed E-state index contributed by atoms with van der Waals surface area (Å²) >= 11 is 0. The van der Waals surface area contributed by atoms with E-state index in [0.717, 1.165) is 11.5 Å². The van der Waals surface area contributed by atoms with Gasteiger partial charge in [0.2, 0.25) is 0 Å². The highest BCUT2D eigenvalue weighted by atomic mass is 32.2. The zero-order chi connectivity index (χ0) is 32.0. The molecule has 1 N–H and O–H groups in total. The van der Waals surface area contributed by atoms with Gasteiger partial charge in [-0.3, -0.25) is 24.1 Å². The molecule has 0 amide bonds. The summed E-state index contributed by atoms with van der Waals surface area (Å²) in [5.41, 5.74) is -2.41. The smallest absolute Gasteiger partial charge is 0.311 e. The number of hydrogen-bond acceptors (Lipinski definition) is 12. The van der Waals surface area contributed by atoms with Crippen LogP contribution >= 0.6 is 0 Å². The van der Waals surface area contributed by atoms with Crippen molar-refractivity contribution < 1.29 is 32.0 Å². The average Bonchev–Trinajstić information content (AvgIpc) is 3.01. The van der Waals surface area contributed by atoms with Gasteiger partial charge in [-0.15, -0.1) is 0 Å². The molecule has 4 aromatic rings. The second kappa shape index (κ2) is 12.9. The van der Waals surface area contributed by atoms with Crippen LogP contribution in [-0.4, -0.2) is 46.0 Å². The second-order valence-corrected chi connectivity index (χ2v) is 11.6. The van der Waals surface area contributed by atoms with E-state index in [1.165, 1.54) is 38.2 Å². The van der Waals surface area contributed by atoms with E-state index in [-0.39, 0.29) is 48.1 Å². The van der Waals surface area contributed by atoms with Gasteiger partial charge in [-0.2, -0.15) is 29.2 Å². The maximum absolute atomic E-state index is 12.7. The maximum atomic E-state index is 12.7. The van der Waals surface area contributed by atoms with Crippen molar-refractivity contribution in [3.63, 3.8) is 0 Å². The molecule has 224 valence electrons. The van der Waals surface area contributed by atoms with Gasteiger partial charge in [0, 0.05) is 36.0 Å². The summed E-state index contributed by atoms with van der Waals surface area (Å²) in [5.74, 6) is -1.11. The predicted octanol–water partition coefficient (Wildman–Crippen LogP) is 5.12. The largest absolute Gasteiger partial charge is 0.424 e. The topological polar surface area (TPSA) is 205 Å². The zero-order valence-electron chi connectivity index (χ0n) is 23.7. The molecule has 0 saturated heterocycles. The molecule has 2 aromatic carbocycles. The van der Waals surface area contributed by atoms with Gasteiger partial charge in [-0.1, -0.05) is 18.2 Å². The van der Waals surface area contributed by atoms with Crippen molar-refractivity contribution >= 4 is 43.9 Å². The van der Waals surface area contributed by atoms with Crippen molar-refractivity contribution in [1.82, 2.24) is 9.97 Å². The Hall–Kier alpha value is -5.31. The Morgan fingerprint density at radius 2 is 1.34 bits per heavy atom. The standard InChI is InChI=1S/C30H26N6O7S/c1-29(18-31,14-12-25(37)42-22-9-3-6-20-7-4-16-33-27(20)22)35-36-30(2,19-32)15-13-26(38)43-23-10-11-24(44(39,40)41)21-8-5-17-34-28(21)23/h3-11,16-17H,12-15H2,1-2H3,(H,39,40,41). The van der Waals surface area contributed by atoms with Crippen molar-refractivity contribution in [3.8, 4) is 23.6 Å². The molecule has 2 heterocycles. The van der Waals surface area contributed by atoms with Crippen LogP contribution < -0.4 is 9.47 Å². The summed E-state index contributed by atoms with van der Waals surface area (Å²) in [5, 5.41) is 28.5. The number of nitriles is 2. The Morgan fingerprint density at radius 3 is 1.91 bits per heavy atom. The van der Waals surface area contributed by atoms with Gasteiger partial charge in [-0.25, -0.2) is 0 Å². The normalized spacial score (nSPS) is 14.3. The van der Waals surface area contributed by atoms with Gasteiger partial charge in [-0.05, 0) is 63.1 Å². The van der Waals surface area contributed by atoms with E-state index in [1.54, 1.807) is 24.4 Å². The van der Waals surface area contributed by atoms with Crippen LogP contribution in [0, 0.1) is 22.7 Å². The average molecular weight is 615 g/mol. The number of pyridine rings is 2. The summed E-state index contributed by atoms with van der Waals surface area (Å²) in [4.78, 5) is 33.1. The summed E-state index contributed by atoms with van der Waals surface area (Å²) in [7, 11) is -4.55. The highest BCUT2D eigenvalue weighted by molar-refractivity contribution is 7.86. The Labute approximate surface area is 252 Å². The molecule has 0 saturated carbocycles. The number of fused-ring (bicyclic) bond motifs is 2. The van der Waals surface area contributed by atoms with E-state index >= 15 is 0 Å². The van der Waals surface area contributed by atoms with Crippen molar-refractivity contribution in [3.05, 3.63) is 67.0 Å². The number of para-hydroxylation sites is 1. The number of esters is 2. The maximum Gasteiger partial charge on any atom is 0.311 e. The summed E-state index contributed by atoms with van der Waals surface area (Å²) < 4.78 is 43.7. The number of carbonyl (C=O) groups excluding carboxylic acids is 2. The third kappa shape index (κ3) is 7.55. The van der Waals surface area contributed by atoms with Gasteiger partial charge >= 0.3 is 11.9 Å². The fourth-order valence-electron chi connectivity index (χ4n) is 4.10. The van der Waals surface area contributed by atoms with Crippen LogP contribution in [0.4, 0.5) is 0 Å². The van der Waals surface area contributed by atoms with Gasteiger partial charge in [0.15, 0.2) is 22.6 Å². The molecule has 2 aromatic heterocycles. The summed E-state index contributed by atoms with van der Waals surface area (Å²) in [6, 6.07) is 17.9. The highest BCUT2D eigenvalue weighted by Gasteiger charge is 2.30. The predicted molar refractivity (Wildman–Crippen MR) is 156 cm³/mol. The van der Waals surface area contributed by atoms with Gasteiger partial charge in [0.1, 0.15) is 15.9 Å². The van der Waals surface area contributed by atoms with Gasteiger partial charge in [0.25, 0.3) is 10.1 Å². The summed E-state index contributed by atoms with van der Waals surface area (Å²) in [6.45, 7) is 2.89. The number of azo groups is 1. The van der Waals surface area contributed by atoms with Crippen molar-refractivity contribution in [2.75, 3.05) is 0 Å². The first-order valence-electron chi connectivity index (χ1n) is 13.2. The Morgan fingerprint density at radius 1 is 0.818 bits per heavy atom. The number of benzene rings is 2. The van der Waals surface area contributed by atoms with Crippen LogP contribution in [-0.2, 0) is 19.7 Å². The Balaban J connectivity index is 1.38. The Kier molecular flexibility index (Phi) is 9.28. The molecule has 4 rings (SSSR count). The van der Waals surface area contributed by atoms with Crippen molar-refractivity contribution in [1.29, 1.82) is 10.5 Å². The quantitative estimate of drug-likeness (QED) is 0.102. The molecule has 0 aliphatic carbocycles. The fraction of sp³-hybridized carbons (Fsp3) is 0.267. The molecule has 0 aliphatic rings. The third-order valence-electron chi connectivity index (χ3n) is 6.62. The fourth-order valence-corrected chi connectivity index (χ4v) is 4.78. The lowest BCUT2D eigenvalue weighted by Crippen LogP contribution is -2.26. The lowest BCUT2D eigenvalue weighted by Gasteiger charge is -2.19. The molecule has 0 spiro atoms. The molecule has 44 heavy (non-hydrogen) atoms. The Bertz CT molecular complexity index is 1960. The first-order chi connectivity index (χ1) is 20.9. The van der Waals surface area contributed by atoms with Gasteiger partial charge in [0.05, 0.1) is 12.1 Å². The molecule has 0 fully saturated rings. The molecule has 0 radical (unpaired) electrons. The molecular formula is C30H26N6O7S. The van der Waals surface area contributed by atoms with E-state index in [4.69, 9.17) is 9.47 Å². The van der Waals surface area contributed by atoms with E-state index < -0.39 is 38.0 Å². The molecule has 2 atom stereocenters. The number of nitrogens with zero attached hydrogens (tertiary/aromatic N) is 6. The van der Waals surface area contributed by atoms with E-state index in [2.05, 4.69) is 20.2 Å². The number of aromatic nitrogens is 2. The van der Waals surface area contributed by atoms with Crippen LogP contribution in [0.25, 0.3) is 21.8 Å². The van der Waals surface area contributed by atoms with Crippen LogP contribution in [0.2, 0.25) is 0 Å². The zero-order valence-corrected chi connectivity index (χ0v) is 24.5. The minimum atomic E-state index is -4.55. The third-order valence-corrected chi connectivity index (χ3v) is 7.53. The van der Waals surface area contributed by atoms with Crippen LogP contribution in [0.5, 0.6) is 11.5 Å². The van der Waals surface area contributed by atoms with Crippen molar-refractivity contribution in [2.24, 2.45) is 10.2 Å². The van der Waals surface area contributed by atoms with Crippen LogP contribution in [0.1, 0.15) is 39.5 Å². The molecule has 0 bridgehead atoms. The lowest BCUT2D eigenvalue weighted by molar-refractivity contribution is -0.135. The van der Waals surface area contributed by atoms with Crippen LogP contribution in [0.15, 0.2) is 82.1 Å². The number of carbonyl (C=O) groups is 2. The first kappa shape index (κ1) is 31.6. The van der Waals surface area contributed by atoms with Crippen molar-refractivity contribution in [2.45, 2.75) is 55.5 Å². The highest BCUT2D eigenvalue weighted by Crippen LogP contribution is 2.30. The lowest BCUT2D eigenvalue weighted by atomic mass is 9.97. The molecule has 14 heteroatoms. The SMILES string of the molecule is CC(C#N)(CCC(=O)Oc1cccc2cccnc12)N=NC(C)(C#N)CCC(=O)Oc1ccc(S(=O)(=O)O)c2cccnc12. The molecule has 13 nitrogen and oxygen atoms in total. The number of hydrogen-bond donors (Lipinski definition) is 1. The number of ether oxygens (including phenoxy) is 2. The number of rotatable bonds is 11. The first-order valence-corrected chi connectivity index (χ1v) is 14.7. The minimum absolute atomic E-state index is 0.0403.